The number of fused-ring (bicyclic) bond motifs is 2. The zero-order valence-electron chi connectivity index (χ0n) is 12.5. The van der Waals surface area contributed by atoms with Crippen LogP contribution in [-0.2, 0) is 4.74 Å². The average Bonchev–Trinajstić information content (AvgIpc) is 3.25. The van der Waals surface area contributed by atoms with Crippen LogP contribution in [0.4, 0.5) is 0 Å². The minimum Gasteiger partial charge on any atom is -0.373 e. The summed E-state index contributed by atoms with van der Waals surface area (Å²) < 4.78 is 5.62. The number of hydrogen-bond acceptors (Lipinski definition) is 1. The summed E-state index contributed by atoms with van der Waals surface area (Å²) in [7, 11) is 0. The van der Waals surface area contributed by atoms with E-state index in [9.17, 15) is 0 Å². The molecule has 1 aliphatic heterocycles. The van der Waals surface area contributed by atoms with Crippen LogP contribution < -0.4 is 0 Å². The smallest absolute Gasteiger partial charge is 0.0840 e. The molecule has 0 N–H and O–H groups in total. The van der Waals surface area contributed by atoms with Crippen molar-refractivity contribution in [1.82, 2.24) is 0 Å². The normalized spacial score (nSPS) is 44.6. The third-order valence-electron chi connectivity index (χ3n) is 6.18. The van der Waals surface area contributed by atoms with E-state index in [0.717, 1.165) is 30.3 Å². The highest BCUT2D eigenvalue weighted by Gasteiger charge is 2.43. The van der Waals surface area contributed by atoms with E-state index >= 15 is 0 Å². The van der Waals surface area contributed by atoms with Gasteiger partial charge in [0.15, 0.2) is 0 Å². The van der Waals surface area contributed by atoms with Crippen molar-refractivity contribution in [2.45, 2.75) is 64.4 Å². The van der Waals surface area contributed by atoms with Gasteiger partial charge < -0.3 is 4.74 Å². The van der Waals surface area contributed by atoms with Gasteiger partial charge in [0.2, 0.25) is 0 Å². The molecule has 0 aromatic heterocycles. The number of allylic oxidation sites excluding steroid dienone is 1. The SMILES string of the molecule is C=CC(C)C1CCCCCC2CC1CCC2C1CO1. The first kappa shape index (κ1) is 13.7. The second-order valence-electron chi connectivity index (χ2n) is 7.27. The van der Waals surface area contributed by atoms with Crippen LogP contribution in [0.2, 0.25) is 0 Å². The lowest BCUT2D eigenvalue weighted by Crippen LogP contribution is -2.33. The molecule has 1 nitrogen and oxygen atoms in total. The summed E-state index contributed by atoms with van der Waals surface area (Å²) in [6, 6.07) is 0. The molecule has 1 saturated heterocycles. The number of rotatable bonds is 3. The van der Waals surface area contributed by atoms with E-state index in [-0.39, 0.29) is 0 Å². The van der Waals surface area contributed by atoms with Crippen molar-refractivity contribution in [3.8, 4) is 0 Å². The highest BCUT2D eigenvalue weighted by atomic mass is 16.6. The molecule has 0 aromatic carbocycles. The van der Waals surface area contributed by atoms with Crippen molar-refractivity contribution in [2.75, 3.05) is 6.61 Å². The Morgan fingerprint density at radius 3 is 2.58 bits per heavy atom. The van der Waals surface area contributed by atoms with E-state index in [1.807, 2.05) is 0 Å². The minimum atomic E-state index is 0.641. The predicted molar refractivity (Wildman–Crippen MR) is 80.0 cm³/mol. The van der Waals surface area contributed by atoms with Gasteiger partial charge in [0, 0.05) is 0 Å². The summed E-state index contributed by atoms with van der Waals surface area (Å²) in [4.78, 5) is 0. The Bertz CT molecular complexity index is 307. The largest absolute Gasteiger partial charge is 0.373 e. The number of hydrogen-bond donors (Lipinski definition) is 0. The molecule has 0 aromatic rings. The number of ether oxygens (including phenoxy) is 1. The van der Waals surface area contributed by atoms with Gasteiger partial charge in [-0.05, 0) is 55.3 Å². The summed E-state index contributed by atoms with van der Waals surface area (Å²) in [6.45, 7) is 7.50. The molecular formula is C18H30O. The van der Waals surface area contributed by atoms with Crippen LogP contribution in [0.3, 0.4) is 0 Å². The highest BCUT2D eigenvalue weighted by Crippen LogP contribution is 2.48. The first-order chi connectivity index (χ1) is 9.29. The Kier molecular flexibility index (Phi) is 4.31. The quantitative estimate of drug-likeness (QED) is 0.525. The number of epoxide rings is 1. The van der Waals surface area contributed by atoms with Gasteiger partial charge in [0.05, 0.1) is 12.7 Å². The van der Waals surface area contributed by atoms with E-state index in [1.165, 1.54) is 51.4 Å². The lowest BCUT2D eigenvalue weighted by molar-refractivity contribution is 0.0953. The molecule has 2 bridgehead atoms. The maximum absolute atomic E-state index is 5.62. The summed E-state index contributed by atoms with van der Waals surface area (Å²) >= 11 is 0. The predicted octanol–water partition coefficient (Wildman–Crippen LogP) is 4.82. The van der Waals surface area contributed by atoms with Crippen molar-refractivity contribution >= 4 is 0 Å². The van der Waals surface area contributed by atoms with Crippen molar-refractivity contribution in [1.29, 1.82) is 0 Å². The fourth-order valence-electron chi connectivity index (χ4n) is 4.90. The van der Waals surface area contributed by atoms with E-state index < -0.39 is 0 Å². The highest BCUT2D eigenvalue weighted by molar-refractivity contribution is 4.94. The van der Waals surface area contributed by atoms with Crippen LogP contribution in [-0.4, -0.2) is 12.7 Å². The molecule has 3 aliphatic rings. The van der Waals surface area contributed by atoms with E-state index in [0.29, 0.717) is 12.0 Å². The molecule has 3 rings (SSSR count). The molecule has 0 radical (unpaired) electrons. The Labute approximate surface area is 118 Å². The molecule has 0 amide bonds. The van der Waals surface area contributed by atoms with Crippen molar-refractivity contribution < 1.29 is 4.74 Å². The third-order valence-corrected chi connectivity index (χ3v) is 6.18. The molecule has 2 aliphatic carbocycles. The van der Waals surface area contributed by atoms with Crippen LogP contribution in [0.15, 0.2) is 12.7 Å². The fourth-order valence-corrected chi connectivity index (χ4v) is 4.90. The average molecular weight is 262 g/mol. The van der Waals surface area contributed by atoms with Crippen LogP contribution in [0.1, 0.15) is 58.3 Å². The van der Waals surface area contributed by atoms with Gasteiger partial charge >= 0.3 is 0 Å². The molecule has 3 fully saturated rings. The standard InChI is InChI=1S/C18H30O/c1-3-13(2)16-8-6-4-5-7-14-11-15(16)9-10-17(14)18-12-19-18/h3,13-18H,1,4-12H2,2H3. The van der Waals surface area contributed by atoms with E-state index in [2.05, 4.69) is 19.6 Å². The monoisotopic (exact) mass is 262 g/mol. The summed E-state index contributed by atoms with van der Waals surface area (Å²) in [6.07, 6.45) is 14.5. The van der Waals surface area contributed by atoms with Crippen molar-refractivity contribution in [3.05, 3.63) is 12.7 Å². The van der Waals surface area contributed by atoms with Crippen LogP contribution in [0, 0.1) is 29.6 Å². The molecule has 2 saturated carbocycles. The van der Waals surface area contributed by atoms with Crippen molar-refractivity contribution in [2.24, 2.45) is 29.6 Å². The molecule has 108 valence electrons. The molecule has 0 spiro atoms. The van der Waals surface area contributed by atoms with Gasteiger partial charge in [-0.2, -0.15) is 0 Å². The van der Waals surface area contributed by atoms with E-state index in [1.54, 1.807) is 0 Å². The first-order valence-electron chi connectivity index (χ1n) is 8.53. The molecule has 6 atom stereocenters. The summed E-state index contributed by atoms with van der Waals surface area (Å²) in [5, 5.41) is 0. The van der Waals surface area contributed by atoms with Crippen LogP contribution in [0.5, 0.6) is 0 Å². The Morgan fingerprint density at radius 1 is 1.05 bits per heavy atom. The molecule has 1 heteroatoms. The molecule has 6 unspecified atom stereocenters. The van der Waals surface area contributed by atoms with E-state index in [4.69, 9.17) is 4.74 Å². The second kappa shape index (κ2) is 5.99. The summed E-state index contributed by atoms with van der Waals surface area (Å²) in [5.74, 6) is 4.43. The lowest BCUT2D eigenvalue weighted by atomic mass is 9.65. The van der Waals surface area contributed by atoms with Gasteiger partial charge in [-0.15, -0.1) is 6.58 Å². The van der Waals surface area contributed by atoms with Gasteiger partial charge in [-0.3, -0.25) is 0 Å². The molecular weight excluding hydrogens is 232 g/mol. The zero-order chi connectivity index (χ0) is 13.2. The van der Waals surface area contributed by atoms with Gasteiger partial charge in [-0.1, -0.05) is 38.7 Å². The first-order valence-corrected chi connectivity index (χ1v) is 8.53. The van der Waals surface area contributed by atoms with Gasteiger partial charge in [-0.25, -0.2) is 0 Å². The van der Waals surface area contributed by atoms with Crippen LogP contribution >= 0.6 is 0 Å². The lowest BCUT2D eigenvalue weighted by Gasteiger charge is -2.40. The maximum Gasteiger partial charge on any atom is 0.0840 e. The summed E-state index contributed by atoms with van der Waals surface area (Å²) in [5.41, 5.74) is 0. The molecule has 19 heavy (non-hydrogen) atoms. The van der Waals surface area contributed by atoms with Gasteiger partial charge in [0.25, 0.3) is 0 Å². The third kappa shape index (κ3) is 3.07. The Hall–Kier alpha value is -0.300. The van der Waals surface area contributed by atoms with Gasteiger partial charge in [0.1, 0.15) is 0 Å². The molecule has 1 heterocycles. The minimum absolute atomic E-state index is 0.641. The Morgan fingerprint density at radius 2 is 1.84 bits per heavy atom. The Balaban J connectivity index is 1.71. The maximum atomic E-state index is 5.62. The zero-order valence-corrected chi connectivity index (χ0v) is 12.5. The van der Waals surface area contributed by atoms with Crippen LogP contribution in [0.25, 0.3) is 0 Å². The van der Waals surface area contributed by atoms with Crippen molar-refractivity contribution in [3.63, 3.8) is 0 Å². The topological polar surface area (TPSA) is 12.5 Å². The second-order valence-corrected chi connectivity index (χ2v) is 7.27. The fraction of sp³-hybridized carbons (Fsp3) is 0.889.